The van der Waals surface area contributed by atoms with Gasteiger partial charge in [-0.05, 0) is 42.7 Å². The lowest BCUT2D eigenvalue weighted by molar-refractivity contribution is 0.519. The highest BCUT2D eigenvalue weighted by Crippen LogP contribution is 2.19. The molecular formula is C20H28FIN4O2S. The van der Waals surface area contributed by atoms with E-state index in [1.807, 2.05) is 13.0 Å². The molecule has 0 aromatic heterocycles. The topological polar surface area (TPSA) is 73.8 Å². The molecule has 2 rings (SSSR count). The molecule has 0 saturated carbocycles. The van der Waals surface area contributed by atoms with Crippen LogP contribution in [0.5, 0.6) is 0 Å². The largest absolute Gasteiger partial charge is 0.352 e. The maximum Gasteiger partial charge on any atom is 0.242 e. The van der Waals surface area contributed by atoms with Gasteiger partial charge >= 0.3 is 0 Å². The van der Waals surface area contributed by atoms with E-state index < -0.39 is 10.0 Å². The first-order valence-corrected chi connectivity index (χ1v) is 10.3. The fourth-order valence-corrected chi connectivity index (χ4v) is 3.75. The average molecular weight is 534 g/mol. The molecule has 0 aliphatic heterocycles. The van der Waals surface area contributed by atoms with Crippen LogP contribution < -0.4 is 10.6 Å². The average Bonchev–Trinajstić information content (AvgIpc) is 2.67. The molecular weight excluding hydrogens is 506 g/mol. The van der Waals surface area contributed by atoms with Crippen LogP contribution in [-0.2, 0) is 16.6 Å². The fourth-order valence-electron chi connectivity index (χ4n) is 2.64. The standard InChI is InChI=1S/C20H27FN4O2S.HI/c1-14-10-11-16(12-18(14)21)15(2)24-20(22-3)23-13-17-8-6-7-9-19(17)28(26,27)25(4)5;/h6-12,15H,13H2,1-5H3,(H2,22,23,24);1H. The lowest BCUT2D eigenvalue weighted by atomic mass is 10.1. The molecule has 1 unspecified atom stereocenters. The Morgan fingerprint density at radius 2 is 1.86 bits per heavy atom. The van der Waals surface area contributed by atoms with Crippen LogP contribution in [-0.4, -0.2) is 39.8 Å². The summed E-state index contributed by atoms with van der Waals surface area (Å²) >= 11 is 0. The number of nitrogens with zero attached hydrogens (tertiary/aromatic N) is 2. The van der Waals surface area contributed by atoms with Crippen molar-refractivity contribution in [2.24, 2.45) is 4.99 Å². The molecule has 0 bridgehead atoms. The van der Waals surface area contributed by atoms with Gasteiger partial charge in [-0.2, -0.15) is 0 Å². The van der Waals surface area contributed by atoms with Gasteiger partial charge in [0, 0.05) is 27.7 Å². The van der Waals surface area contributed by atoms with Crippen molar-refractivity contribution in [2.75, 3.05) is 21.1 Å². The van der Waals surface area contributed by atoms with Crippen LogP contribution in [0.25, 0.3) is 0 Å². The van der Waals surface area contributed by atoms with Crippen molar-refractivity contribution in [1.29, 1.82) is 0 Å². The summed E-state index contributed by atoms with van der Waals surface area (Å²) in [6.07, 6.45) is 0. The van der Waals surface area contributed by atoms with Crippen molar-refractivity contribution < 1.29 is 12.8 Å². The van der Waals surface area contributed by atoms with Crippen LogP contribution in [0.15, 0.2) is 52.4 Å². The maximum atomic E-state index is 13.8. The highest BCUT2D eigenvalue weighted by atomic mass is 127. The lowest BCUT2D eigenvalue weighted by Gasteiger charge is -2.20. The Bertz CT molecular complexity index is 965. The summed E-state index contributed by atoms with van der Waals surface area (Å²) < 4.78 is 40.0. The van der Waals surface area contributed by atoms with Gasteiger partial charge in [-0.1, -0.05) is 30.3 Å². The lowest BCUT2D eigenvalue weighted by Crippen LogP contribution is -2.38. The zero-order chi connectivity index (χ0) is 20.9. The Labute approximate surface area is 189 Å². The van der Waals surface area contributed by atoms with Crippen molar-refractivity contribution in [3.63, 3.8) is 0 Å². The maximum absolute atomic E-state index is 13.8. The summed E-state index contributed by atoms with van der Waals surface area (Å²) in [7, 11) is 1.08. The van der Waals surface area contributed by atoms with E-state index in [2.05, 4.69) is 15.6 Å². The molecule has 0 aliphatic carbocycles. The van der Waals surface area contributed by atoms with Gasteiger partial charge in [0.15, 0.2) is 5.96 Å². The fraction of sp³-hybridized carbons (Fsp3) is 0.350. The zero-order valence-electron chi connectivity index (χ0n) is 17.2. The third kappa shape index (κ3) is 6.38. The summed E-state index contributed by atoms with van der Waals surface area (Å²) in [4.78, 5) is 4.42. The molecule has 29 heavy (non-hydrogen) atoms. The summed E-state index contributed by atoms with van der Waals surface area (Å²) in [6.45, 7) is 3.90. The minimum atomic E-state index is -3.55. The van der Waals surface area contributed by atoms with E-state index in [1.165, 1.54) is 24.5 Å². The summed E-state index contributed by atoms with van der Waals surface area (Å²) in [5, 5.41) is 6.32. The quantitative estimate of drug-likeness (QED) is 0.339. The van der Waals surface area contributed by atoms with Crippen LogP contribution in [0.2, 0.25) is 0 Å². The number of sulfonamides is 1. The van der Waals surface area contributed by atoms with E-state index >= 15 is 0 Å². The Balaban J connectivity index is 0.00000420. The van der Waals surface area contributed by atoms with Crippen molar-refractivity contribution in [2.45, 2.75) is 31.3 Å². The van der Waals surface area contributed by atoms with Crippen LogP contribution >= 0.6 is 24.0 Å². The third-order valence-corrected chi connectivity index (χ3v) is 6.37. The number of hydrogen-bond donors (Lipinski definition) is 2. The molecule has 0 spiro atoms. The Morgan fingerprint density at radius 3 is 2.45 bits per heavy atom. The molecule has 9 heteroatoms. The number of aryl methyl sites for hydroxylation is 1. The number of aliphatic imine (C=N–C) groups is 1. The second kappa shape index (κ2) is 10.9. The molecule has 0 amide bonds. The molecule has 0 saturated heterocycles. The van der Waals surface area contributed by atoms with E-state index in [0.29, 0.717) is 17.1 Å². The molecule has 2 aromatic carbocycles. The molecule has 0 heterocycles. The van der Waals surface area contributed by atoms with Gasteiger partial charge in [0.2, 0.25) is 10.0 Å². The normalized spacial score (nSPS) is 13.0. The van der Waals surface area contributed by atoms with E-state index in [4.69, 9.17) is 0 Å². The second-order valence-corrected chi connectivity index (χ2v) is 8.82. The minimum absolute atomic E-state index is 0. The van der Waals surface area contributed by atoms with Crippen molar-refractivity contribution in [1.82, 2.24) is 14.9 Å². The van der Waals surface area contributed by atoms with Gasteiger partial charge in [-0.15, -0.1) is 24.0 Å². The van der Waals surface area contributed by atoms with Crippen LogP contribution in [0.3, 0.4) is 0 Å². The SMILES string of the molecule is CN=C(NCc1ccccc1S(=O)(=O)N(C)C)NC(C)c1ccc(C)c(F)c1.I. The summed E-state index contributed by atoms with van der Waals surface area (Å²) in [5.74, 6) is 0.238. The van der Waals surface area contributed by atoms with Gasteiger partial charge in [-0.3, -0.25) is 4.99 Å². The highest BCUT2D eigenvalue weighted by molar-refractivity contribution is 14.0. The first kappa shape index (κ1) is 25.3. The summed E-state index contributed by atoms with van der Waals surface area (Å²) in [5.41, 5.74) is 2.02. The Morgan fingerprint density at radius 1 is 1.21 bits per heavy atom. The highest BCUT2D eigenvalue weighted by Gasteiger charge is 2.20. The molecule has 2 N–H and O–H groups in total. The molecule has 2 aromatic rings. The predicted octanol–water partition coefficient (Wildman–Crippen LogP) is 3.43. The van der Waals surface area contributed by atoms with Gasteiger partial charge in [0.25, 0.3) is 0 Å². The molecule has 0 radical (unpaired) electrons. The van der Waals surface area contributed by atoms with Crippen LogP contribution in [0.1, 0.15) is 29.7 Å². The smallest absolute Gasteiger partial charge is 0.242 e. The van der Waals surface area contributed by atoms with Gasteiger partial charge < -0.3 is 10.6 Å². The predicted molar refractivity (Wildman–Crippen MR) is 126 cm³/mol. The first-order valence-electron chi connectivity index (χ1n) is 8.90. The zero-order valence-corrected chi connectivity index (χ0v) is 20.4. The van der Waals surface area contributed by atoms with Crippen molar-refractivity contribution in [3.05, 3.63) is 65.0 Å². The number of hydrogen-bond acceptors (Lipinski definition) is 3. The van der Waals surface area contributed by atoms with E-state index in [-0.39, 0.29) is 47.3 Å². The molecule has 160 valence electrons. The van der Waals surface area contributed by atoms with Gasteiger partial charge in [-0.25, -0.2) is 17.1 Å². The minimum Gasteiger partial charge on any atom is -0.352 e. The molecule has 6 nitrogen and oxygen atoms in total. The van der Waals surface area contributed by atoms with E-state index in [1.54, 1.807) is 44.3 Å². The van der Waals surface area contributed by atoms with Crippen molar-refractivity contribution in [3.8, 4) is 0 Å². The first-order chi connectivity index (χ1) is 13.2. The Kier molecular flexibility index (Phi) is 9.50. The molecule has 0 aliphatic rings. The van der Waals surface area contributed by atoms with Crippen LogP contribution in [0.4, 0.5) is 4.39 Å². The number of guanidine groups is 1. The third-order valence-electron chi connectivity index (χ3n) is 4.45. The Hall–Kier alpha value is -1.72. The second-order valence-electron chi connectivity index (χ2n) is 6.70. The molecule has 0 fully saturated rings. The van der Waals surface area contributed by atoms with Crippen LogP contribution in [0, 0.1) is 12.7 Å². The number of halogens is 2. The number of nitrogens with one attached hydrogen (secondary N) is 2. The summed E-state index contributed by atoms with van der Waals surface area (Å²) in [6, 6.07) is 11.8. The van der Waals surface area contributed by atoms with E-state index in [9.17, 15) is 12.8 Å². The number of benzene rings is 2. The van der Waals surface area contributed by atoms with Gasteiger partial charge in [0.05, 0.1) is 10.9 Å². The number of rotatable bonds is 6. The monoisotopic (exact) mass is 534 g/mol. The van der Waals surface area contributed by atoms with Crippen molar-refractivity contribution >= 4 is 40.0 Å². The van der Waals surface area contributed by atoms with E-state index in [0.717, 1.165) is 5.56 Å². The van der Waals surface area contributed by atoms with Gasteiger partial charge in [0.1, 0.15) is 5.82 Å². The molecule has 1 atom stereocenters.